The number of aromatic nitrogens is 1. The molecule has 3 aromatic rings. The summed E-state index contributed by atoms with van der Waals surface area (Å²) in [5.74, 6) is -2.39. The fourth-order valence-electron chi connectivity index (χ4n) is 5.07. The van der Waals surface area contributed by atoms with E-state index in [1.54, 1.807) is 6.07 Å². The second-order valence-electron chi connectivity index (χ2n) is 8.63. The smallest absolute Gasteiger partial charge is 0.341 e. The van der Waals surface area contributed by atoms with Gasteiger partial charge in [-0.05, 0) is 62.7 Å². The Bertz CT molecular complexity index is 1270. The van der Waals surface area contributed by atoms with Gasteiger partial charge >= 0.3 is 5.97 Å². The van der Waals surface area contributed by atoms with Gasteiger partial charge in [-0.15, -0.1) is 0 Å². The number of anilines is 1. The first-order chi connectivity index (χ1) is 15.3. The van der Waals surface area contributed by atoms with Crippen LogP contribution in [0.4, 0.5) is 14.5 Å². The van der Waals surface area contributed by atoms with Crippen LogP contribution in [-0.4, -0.2) is 52.8 Å². The number of hydrogen-bond acceptors (Lipinski definition) is 4. The van der Waals surface area contributed by atoms with Crippen LogP contribution in [0.1, 0.15) is 29.6 Å². The van der Waals surface area contributed by atoms with E-state index in [0.717, 1.165) is 25.3 Å². The van der Waals surface area contributed by atoms with Crippen molar-refractivity contribution in [2.45, 2.75) is 31.3 Å². The predicted molar refractivity (Wildman–Crippen MR) is 118 cm³/mol. The van der Waals surface area contributed by atoms with Gasteiger partial charge in [-0.1, -0.05) is 0 Å². The normalized spacial score (nSPS) is 21.2. The fourth-order valence-corrected chi connectivity index (χ4v) is 5.07. The van der Waals surface area contributed by atoms with Gasteiger partial charge in [-0.3, -0.25) is 9.69 Å². The van der Waals surface area contributed by atoms with Crippen molar-refractivity contribution in [3.8, 4) is 5.69 Å². The molecular weight excluding hydrogens is 416 g/mol. The Labute approximate surface area is 183 Å². The van der Waals surface area contributed by atoms with E-state index in [1.165, 1.54) is 35.0 Å². The first-order valence-electron chi connectivity index (χ1n) is 10.7. The lowest BCUT2D eigenvalue weighted by atomic mass is 10.1. The molecule has 2 aliphatic rings. The molecule has 1 N–H and O–H groups in total. The Morgan fingerprint density at radius 2 is 1.78 bits per heavy atom. The highest BCUT2D eigenvalue weighted by molar-refractivity contribution is 5.94. The zero-order valence-corrected chi connectivity index (χ0v) is 17.6. The van der Waals surface area contributed by atoms with Crippen molar-refractivity contribution in [2.24, 2.45) is 0 Å². The SMILES string of the molecule is CN1C2CC[C@@H]1CCN(c1cc3c(cc1F)c(=O)c(C(=O)O)cn3-c1ccc(F)cc1)C2. The predicted octanol–water partition coefficient (Wildman–Crippen LogP) is 3.64. The number of nitrogens with zero attached hydrogens (tertiary/aromatic N) is 3. The summed E-state index contributed by atoms with van der Waals surface area (Å²) in [7, 11) is 2.11. The molecule has 2 atom stereocenters. The summed E-state index contributed by atoms with van der Waals surface area (Å²) >= 11 is 0. The van der Waals surface area contributed by atoms with Crippen molar-refractivity contribution in [3.63, 3.8) is 0 Å². The van der Waals surface area contributed by atoms with Crippen molar-refractivity contribution in [1.29, 1.82) is 0 Å². The topological polar surface area (TPSA) is 65.8 Å². The molecule has 166 valence electrons. The number of likely N-dealkylation sites (N-methyl/N-ethyl adjacent to an activating group) is 1. The van der Waals surface area contributed by atoms with E-state index in [9.17, 15) is 19.1 Å². The maximum atomic E-state index is 15.3. The second kappa shape index (κ2) is 7.70. The average Bonchev–Trinajstić information content (AvgIpc) is 3.01. The third-order valence-corrected chi connectivity index (χ3v) is 6.90. The molecule has 2 fully saturated rings. The summed E-state index contributed by atoms with van der Waals surface area (Å²) in [5.41, 5.74) is 0.0299. The molecule has 3 heterocycles. The maximum absolute atomic E-state index is 15.3. The van der Waals surface area contributed by atoms with Gasteiger partial charge in [0.15, 0.2) is 0 Å². The molecule has 5 rings (SSSR count). The van der Waals surface area contributed by atoms with Gasteiger partial charge in [-0.25, -0.2) is 13.6 Å². The van der Waals surface area contributed by atoms with E-state index < -0.39 is 28.6 Å². The lowest BCUT2D eigenvalue weighted by Gasteiger charge is -2.28. The minimum atomic E-state index is -1.40. The number of aromatic carboxylic acids is 1. The van der Waals surface area contributed by atoms with Crippen molar-refractivity contribution < 1.29 is 18.7 Å². The lowest BCUT2D eigenvalue weighted by molar-refractivity contribution is 0.0695. The summed E-state index contributed by atoms with van der Waals surface area (Å²) in [5, 5.41) is 9.48. The van der Waals surface area contributed by atoms with Crippen LogP contribution < -0.4 is 10.3 Å². The van der Waals surface area contributed by atoms with E-state index in [-0.39, 0.29) is 5.39 Å². The number of hydrogen-bond donors (Lipinski definition) is 1. The van der Waals surface area contributed by atoms with Gasteiger partial charge in [0.05, 0.1) is 11.2 Å². The quantitative estimate of drug-likeness (QED) is 0.675. The van der Waals surface area contributed by atoms with Crippen molar-refractivity contribution in [1.82, 2.24) is 9.47 Å². The number of carboxylic acid groups (broad SMARTS) is 1. The van der Waals surface area contributed by atoms with Crippen LogP contribution >= 0.6 is 0 Å². The Kier molecular flexibility index (Phi) is 4.97. The van der Waals surface area contributed by atoms with Crippen LogP contribution in [-0.2, 0) is 0 Å². The largest absolute Gasteiger partial charge is 0.477 e. The van der Waals surface area contributed by atoms with Gasteiger partial charge in [0.25, 0.3) is 0 Å². The molecule has 2 saturated heterocycles. The molecule has 0 saturated carbocycles. The average molecular weight is 439 g/mol. The molecule has 8 heteroatoms. The second-order valence-corrected chi connectivity index (χ2v) is 8.63. The minimum Gasteiger partial charge on any atom is -0.477 e. The van der Waals surface area contributed by atoms with E-state index in [4.69, 9.17) is 0 Å². The highest BCUT2D eigenvalue weighted by Gasteiger charge is 2.35. The molecule has 0 radical (unpaired) electrons. The molecular formula is C24H23F2N3O3. The van der Waals surface area contributed by atoms with Crippen molar-refractivity contribution in [3.05, 3.63) is 70.0 Å². The molecule has 6 nitrogen and oxygen atoms in total. The summed E-state index contributed by atoms with van der Waals surface area (Å²) < 4.78 is 30.3. The van der Waals surface area contributed by atoms with Crippen molar-refractivity contribution >= 4 is 22.6 Å². The van der Waals surface area contributed by atoms with Crippen molar-refractivity contribution in [2.75, 3.05) is 25.0 Å². The van der Waals surface area contributed by atoms with Crippen LogP contribution in [0.2, 0.25) is 0 Å². The van der Waals surface area contributed by atoms with Gasteiger partial charge in [0, 0.05) is 42.4 Å². The van der Waals surface area contributed by atoms with Gasteiger partial charge < -0.3 is 14.6 Å². The lowest BCUT2D eigenvalue weighted by Crippen LogP contribution is -2.37. The number of carboxylic acids is 1. The maximum Gasteiger partial charge on any atom is 0.341 e. The standard InChI is InChI=1S/C24H23F2N3O3/c1-27-15-6-7-17(27)12-28(9-8-15)22-11-21-18(10-20(22)26)23(30)19(24(31)32)13-29(21)16-4-2-14(25)3-5-16/h2-5,10-11,13,15,17H,6-9,12H2,1H3,(H,31,32)/t15-,17?/m1/s1. The molecule has 2 aromatic carbocycles. The number of fused-ring (bicyclic) bond motifs is 3. The third-order valence-electron chi connectivity index (χ3n) is 6.90. The van der Waals surface area contributed by atoms with Gasteiger partial charge in [-0.2, -0.15) is 0 Å². The third kappa shape index (κ3) is 3.35. The number of rotatable bonds is 3. The molecule has 0 spiro atoms. The number of benzene rings is 2. The van der Waals surface area contributed by atoms with Gasteiger partial charge in [0.2, 0.25) is 5.43 Å². The highest BCUT2D eigenvalue weighted by atomic mass is 19.1. The fraction of sp³-hybridized carbons (Fsp3) is 0.333. The summed E-state index contributed by atoms with van der Waals surface area (Å²) in [6, 6.07) is 9.07. The minimum absolute atomic E-state index is 0.0241. The monoisotopic (exact) mass is 439 g/mol. The first kappa shape index (κ1) is 20.6. The van der Waals surface area contributed by atoms with Crippen LogP contribution in [0.15, 0.2) is 47.4 Å². The Hall–Kier alpha value is -3.26. The van der Waals surface area contributed by atoms with E-state index in [2.05, 4.69) is 11.9 Å². The number of halogens is 2. The zero-order valence-electron chi connectivity index (χ0n) is 17.6. The van der Waals surface area contributed by atoms with Crippen LogP contribution in [0.3, 0.4) is 0 Å². The first-order valence-corrected chi connectivity index (χ1v) is 10.7. The van der Waals surface area contributed by atoms with E-state index in [0.29, 0.717) is 42.1 Å². The molecule has 32 heavy (non-hydrogen) atoms. The molecule has 2 aliphatic heterocycles. The zero-order chi connectivity index (χ0) is 22.6. The van der Waals surface area contributed by atoms with Crippen LogP contribution in [0.5, 0.6) is 0 Å². The highest BCUT2D eigenvalue weighted by Crippen LogP contribution is 2.33. The Morgan fingerprint density at radius 1 is 1.06 bits per heavy atom. The summed E-state index contributed by atoms with van der Waals surface area (Å²) in [4.78, 5) is 28.9. The molecule has 2 bridgehead atoms. The number of pyridine rings is 1. The number of carbonyl (C=O) groups is 1. The Balaban J connectivity index is 1.70. The van der Waals surface area contributed by atoms with E-state index >= 15 is 4.39 Å². The van der Waals surface area contributed by atoms with Crippen LogP contribution in [0, 0.1) is 11.6 Å². The summed E-state index contributed by atoms with van der Waals surface area (Å²) in [6.07, 6.45) is 4.36. The molecule has 1 unspecified atom stereocenters. The molecule has 1 aromatic heterocycles. The van der Waals surface area contributed by atoms with E-state index in [1.807, 2.05) is 4.90 Å². The summed E-state index contributed by atoms with van der Waals surface area (Å²) in [6.45, 7) is 1.38. The Morgan fingerprint density at radius 3 is 2.50 bits per heavy atom. The van der Waals surface area contributed by atoms with Crippen LogP contribution in [0.25, 0.3) is 16.6 Å². The van der Waals surface area contributed by atoms with Gasteiger partial charge in [0.1, 0.15) is 17.2 Å². The molecule has 0 aliphatic carbocycles. The molecule has 0 amide bonds.